The number of rotatable bonds is 6. The van der Waals surface area contributed by atoms with E-state index in [1.54, 1.807) is 36.4 Å². The predicted molar refractivity (Wildman–Crippen MR) is 112 cm³/mol. The van der Waals surface area contributed by atoms with E-state index in [2.05, 4.69) is 5.32 Å². The molecule has 1 aliphatic rings. The van der Waals surface area contributed by atoms with E-state index in [0.717, 1.165) is 17.7 Å². The number of benzene rings is 2. The highest BCUT2D eigenvalue weighted by Gasteiger charge is 2.37. The molecule has 150 valence electrons. The Labute approximate surface area is 178 Å². The summed E-state index contributed by atoms with van der Waals surface area (Å²) in [5.74, 6) is -1.07. The first-order valence-electron chi connectivity index (χ1n) is 9.00. The normalized spacial score (nSPS) is 15.6. The number of nitrogens with one attached hydrogen (secondary N) is 1. The van der Waals surface area contributed by atoms with Crippen LogP contribution in [0.4, 0.5) is 10.5 Å². The molecule has 29 heavy (non-hydrogen) atoms. The molecular formula is C21H18Cl2N2O4. The number of barbiturate groups is 1. The van der Waals surface area contributed by atoms with Gasteiger partial charge in [-0.25, -0.2) is 9.69 Å². The van der Waals surface area contributed by atoms with E-state index in [4.69, 9.17) is 27.9 Å². The lowest BCUT2D eigenvalue weighted by Gasteiger charge is -2.26. The number of halogens is 2. The highest BCUT2D eigenvalue weighted by atomic mass is 35.5. The zero-order chi connectivity index (χ0) is 21.0. The fourth-order valence-corrected chi connectivity index (χ4v) is 3.12. The number of hydrogen-bond donors (Lipinski definition) is 1. The second-order valence-electron chi connectivity index (χ2n) is 6.32. The standard InChI is InChI=1S/C21H18Cl2N2O4/c1-2-3-9-29-18-8-7-15(23)10-13(18)11-17-19(26)24-21(28)25(20(17)27)16-6-4-5-14(22)12-16/h4-8,10-12H,2-3,9H2,1H3,(H,24,26,28). The maximum absolute atomic E-state index is 13.0. The molecule has 0 unspecified atom stereocenters. The number of nitrogens with zero attached hydrogens (tertiary/aromatic N) is 1. The Kier molecular flexibility index (Phi) is 6.56. The summed E-state index contributed by atoms with van der Waals surface area (Å²) in [7, 11) is 0. The van der Waals surface area contributed by atoms with Crippen LogP contribution in [-0.2, 0) is 9.59 Å². The molecule has 1 heterocycles. The van der Waals surface area contributed by atoms with E-state index in [-0.39, 0.29) is 11.3 Å². The van der Waals surface area contributed by atoms with Crippen molar-refractivity contribution in [1.82, 2.24) is 5.32 Å². The maximum Gasteiger partial charge on any atom is 0.335 e. The second-order valence-corrected chi connectivity index (χ2v) is 7.19. The first-order chi connectivity index (χ1) is 13.9. The van der Waals surface area contributed by atoms with Crippen molar-refractivity contribution in [3.8, 4) is 5.75 Å². The number of imide groups is 2. The number of urea groups is 1. The fourth-order valence-electron chi connectivity index (χ4n) is 2.75. The Morgan fingerprint density at radius 2 is 1.83 bits per heavy atom. The van der Waals surface area contributed by atoms with Crippen molar-refractivity contribution in [3.63, 3.8) is 0 Å². The van der Waals surface area contributed by atoms with Gasteiger partial charge in [-0.05, 0) is 48.9 Å². The molecule has 0 atom stereocenters. The SMILES string of the molecule is CCCCOc1ccc(Cl)cc1C=C1C(=O)NC(=O)N(c2cccc(Cl)c2)C1=O. The van der Waals surface area contributed by atoms with Crippen LogP contribution in [0.2, 0.25) is 10.0 Å². The average molecular weight is 433 g/mol. The lowest BCUT2D eigenvalue weighted by molar-refractivity contribution is -0.122. The predicted octanol–water partition coefficient (Wildman–Crippen LogP) is 4.84. The summed E-state index contributed by atoms with van der Waals surface area (Å²) in [6.07, 6.45) is 3.19. The largest absolute Gasteiger partial charge is 0.493 e. The summed E-state index contributed by atoms with van der Waals surface area (Å²) in [5, 5.41) is 2.95. The number of carbonyl (C=O) groups is 3. The molecule has 8 heteroatoms. The quantitative estimate of drug-likeness (QED) is 0.402. The van der Waals surface area contributed by atoms with Gasteiger partial charge >= 0.3 is 6.03 Å². The van der Waals surface area contributed by atoms with Gasteiger partial charge in [0.05, 0.1) is 12.3 Å². The van der Waals surface area contributed by atoms with Crippen molar-refractivity contribution in [2.24, 2.45) is 0 Å². The monoisotopic (exact) mass is 432 g/mol. The van der Waals surface area contributed by atoms with Crippen molar-refractivity contribution >= 4 is 52.8 Å². The number of unbranched alkanes of at least 4 members (excludes halogenated alkanes) is 1. The molecule has 4 amide bonds. The van der Waals surface area contributed by atoms with E-state index in [0.29, 0.717) is 28.0 Å². The smallest absolute Gasteiger partial charge is 0.335 e. The van der Waals surface area contributed by atoms with Gasteiger partial charge in [-0.15, -0.1) is 0 Å². The minimum atomic E-state index is -0.843. The molecule has 0 bridgehead atoms. The fraction of sp³-hybridized carbons (Fsp3) is 0.190. The number of ether oxygens (including phenoxy) is 1. The number of carbonyl (C=O) groups excluding carboxylic acids is 3. The van der Waals surface area contributed by atoms with E-state index >= 15 is 0 Å². The van der Waals surface area contributed by atoms with Crippen LogP contribution in [0.5, 0.6) is 5.75 Å². The molecule has 0 saturated carbocycles. The van der Waals surface area contributed by atoms with Crippen molar-refractivity contribution in [2.75, 3.05) is 11.5 Å². The van der Waals surface area contributed by atoms with Gasteiger partial charge in [-0.1, -0.05) is 42.6 Å². The van der Waals surface area contributed by atoms with Gasteiger partial charge in [0.25, 0.3) is 11.8 Å². The van der Waals surface area contributed by atoms with Gasteiger partial charge in [0.15, 0.2) is 0 Å². The van der Waals surface area contributed by atoms with Crippen molar-refractivity contribution in [3.05, 3.63) is 63.6 Å². The van der Waals surface area contributed by atoms with Gasteiger partial charge in [0.2, 0.25) is 0 Å². The van der Waals surface area contributed by atoms with E-state index in [1.807, 2.05) is 6.92 Å². The van der Waals surface area contributed by atoms with Crippen molar-refractivity contribution in [1.29, 1.82) is 0 Å². The third-order valence-electron chi connectivity index (χ3n) is 4.20. The molecule has 0 aromatic heterocycles. The van der Waals surface area contributed by atoms with Gasteiger partial charge in [-0.2, -0.15) is 0 Å². The summed E-state index contributed by atoms with van der Waals surface area (Å²) in [6.45, 7) is 2.53. The topological polar surface area (TPSA) is 75.7 Å². The summed E-state index contributed by atoms with van der Waals surface area (Å²) >= 11 is 12.1. The van der Waals surface area contributed by atoms with Crippen LogP contribution >= 0.6 is 23.2 Å². The first-order valence-corrected chi connectivity index (χ1v) is 9.75. The van der Waals surface area contributed by atoms with Crippen molar-refractivity contribution < 1.29 is 19.1 Å². The minimum absolute atomic E-state index is 0.216. The average Bonchev–Trinajstić information content (AvgIpc) is 2.67. The molecule has 1 N–H and O–H groups in total. The van der Waals surface area contributed by atoms with Crippen LogP contribution in [0, 0.1) is 0 Å². The van der Waals surface area contributed by atoms with Gasteiger partial charge in [0, 0.05) is 15.6 Å². The Bertz CT molecular complexity index is 1000. The van der Waals surface area contributed by atoms with Crippen LogP contribution in [-0.4, -0.2) is 24.5 Å². The summed E-state index contributed by atoms with van der Waals surface area (Å²) < 4.78 is 5.75. The van der Waals surface area contributed by atoms with Crippen LogP contribution in [0.3, 0.4) is 0 Å². The minimum Gasteiger partial charge on any atom is -0.493 e. The highest BCUT2D eigenvalue weighted by molar-refractivity contribution is 6.39. The van der Waals surface area contributed by atoms with Gasteiger partial charge < -0.3 is 4.74 Å². The van der Waals surface area contributed by atoms with E-state index in [1.165, 1.54) is 12.1 Å². The summed E-state index contributed by atoms with van der Waals surface area (Å²) in [5.41, 5.74) is 0.503. The van der Waals surface area contributed by atoms with E-state index < -0.39 is 17.8 Å². The van der Waals surface area contributed by atoms with Gasteiger partial charge in [-0.3, -0.25) is 14.9 Å². The molecule has 2 aromatic rings. The molecule has 1 saturated heterocycles. The lowest BCUT2D eigenvalue weighted by Crippen LogP contribution is -2.54. The zero-order valence-corrected chi connectivity index (χ0v) is 17.1. The number of amides is 4. The molecule has 0 radical (unpaired) electrons. The van der Waals surface area contributed by atoms with E-state index in [9.17, 15) is 14.4 Å². The Balaban J connectivity index is 2.00. The van der Waals surface area contributed by atoms with Crippen LogP contribution in [0.1, 0.15) is 25.3 Å². The third-order valence-corrected chi connectivity index (χ3v) is 4.67. The lowest BCUT2D eigenvalue weighted by atomic mass is 10.1. The Hall–Kier alpha value is -2.83. The summed E-state index contributed by atoms with van der Waals surface area (Å²) in [6, 6.07) is 10.3. The van der Waals surface area contributed by atoms with Crippen LogP contribution < -0.4 is 15.0 Å². The van der Waals surface area contributed by atoms with Gasteiger partial charge in [0.1, 0.15) is 11.3 Å². The Morgan fingerprint density at radius 3 is 2.55 bits per heavy atom. The first kappa shape index (κ1) is 20.9. The Morgan fingerprint density at radius 1 is 1.07 bits per heavy atom. The van der Waals surface area contributed by atoms with Crippen LogP contribution in [0.15, 0.2) is 48.0 Å². The molecule has 0 aliphatic carbocycles. The molecule has 6 nitrogen and oxygen atoms in total. The number of hydrogen-bond acceptors (Lipinski definition) is 4. The molecule has 0 spiro atoms. The molecular weight excluding hydrogens is 415 g/mol. The third kappa shape index (κ3) is 4.78. The molecule has 2 aromatic carbocycles. The van der Waals surface area contributed by atoms with Crippen molar-refractivity contribution in [2.45, 2.75) is 19.8 Å². The molecule has 1 fully saturated rings. The second kappa shape index (κ2) is 9.11. The zero-order valence-electron chi connectivity index (χ0n) is 15.6. The van der Waals surface area contributed by atoms with Crippen LogP contribution in [0.25, 0.3) is 6.08 Å². The highest BCUT2D eigenvalue weighted by Crippen LogP contribution is 2.28. The summed E-state index contributed by atoms with van der Waals surface area (Å²) in [4.78, 5) is 38.5. The number of anilines is 1. The maximum atomic E-state index is 13.0. The molecule has 3 rings (SSSR count). The molecule has 1 aliphatic heterocycles.